The van der Waals surface area contributed by atoms with Crippen LogP contribution in [0.15, 0.2) is 50.8 Å². The first kappa shape index (κ1) is 20.2. The van der Waals surface area contributed by atoms with Gasteiger partial charge >= 0.3 is 0 Å². The number of hydrogen-bond acceptors (Lipinski definition) is 5. The number of amides is 1. The number of aryl methyl sites for hydroxylation is 2. The molecule has 2 aromatic rings. The van der Waals surface area contributed by atoms with Crippen molar-refractivity contribution in [3.8, 4) is 0 Å². The number of benzene rings is 1. The van der Waals surface area contributed by atoms with Crippen molar-refractivity contribution in [2.45, 2.75) is 18.7 Å². The summed E-state index contributed by atoms with van der Waals surface area (Å²) in [6, 6.07) is 10.4. The number of rotatable bonds is 6. The lowest BCUT2D eigenvalue weighted by molar-refractivity contribution is -0.895. The normalized spacial score (nSPS) is 16.5. The SMILES string of the molecule is Cc1ccc(S(=O)(=O)N2CC[NH+](CC(=O)N/N=C\c3ccc(C)o3)CC2)cc1. The summed E-state index contributed by atoms with van der Waals surface area (Å²) in [5.41, 5.74) is 3.50. The summed E-state index contributed by atoms with van der Waals surface area (Å²) in [6.07, 6.45) is 1.45. The zero-order valence-corrected chi connectivity index (χ0v) is 16.8. The van der Waals surface area contributed by atoms with Gasteiger partial charge in [0.15, 0.2) is 6.54 Å². The Morgan fingerprint density at radius 2 is 1.86 bits per heavy atom. The summed E-state index contributed by atoms with van der Waals surface area (Å²) >= 11 is 0. The van der Waals surface area contributed by atoms with E-state index in [4.69, 9.17) is 4.42 Å². The lowest BCUT2D eigenvalue weighted by Crippen LogP contribution is -3.15. The summed E-state index contributed by atoms with van der Waals surface area (Å²) < 4.78 is 32.2. The van der Waals surface area contributed by atoms with Crippen molar-refractivity contribution in [2.75, 3.05) is 32.7 Å². The lowest BCUT2D eigenvalue weighted by Gasteiger charge is -2.31. The van der Waals surface area contributed by atoms with Gasteiger partial charge in [0.2, 0.25) is 10.0 Å². The predicted molar refractivity (Wildman–Crippen MR) is 105 cm³/mol. The second kappa shape index (κ2) is 8.68. The molecule has 2 heterocycles. The number of furan rings is 1. The van der Waals surface area contributed by atoms with E-state index in [1.54, 1.807) is 30.3 Å². The van der Waals surface area contributed by atoms with Crippen LogP contribution in [-0.4, -0.2) is 57.6 Å². The molecule has 0 saturated carbocycles. The molecule has 0 spiro atoms. The van der Waals surface area contributed by atoms with E-state index in [1.165, 1.54) is 10.5 Å². The molecule has 3 rings (SSSR count). The maximum absolute atomic E-state index is 12.7. The Hall–Kier alpha value is -2.49. The summed E-state index contributed by atoms with van der Waals surface area (Å²) in [4.78, 5) is 13.4. The van der Waals surface area contributed by atoms with Crippen molar-refractivity contribution in [1.82, 2.24) is 9.73 Å². The molecule has 1 saturated heterocycles. The number of sulfonamides is 1. The number of quaternary nitrogens is 1. The minimum absolute atomic E-state index is 0.218. The largest absolute Gasteiger partial charge is 0.460 e. The van der Waals surface area contributed by atoms with Crippen molar-refractivity contribution >= 4 is 22.1 Å². The van der Waals surface area contributed by atoms with Crippen molar-refractivity contribution in [3.05, 3.63) is 53.5 Å². The Balaban J connectivity index is 1.47. The van der Waals surface area contributed by atoms with Gasteiger partial charge in [-0.05, 0) is 38.1 Å². The molecule has 2 N–H and O–H groups in total. The molecule has 9 heteroatoms. The van der Waals surface area contributed by atoms with Gasteiger partial charge < -0.3 is 9.32 Å². The second-order valence-corrected chi connectivity index (χ2v) is 8.82. The fourth-order valence-corrected chi connectivity index (χ4v) is 4.48. The molecular formula is C19H25N4O4S+. The van der Waals surface area contributed by atoms with E-state index in [1.807, 2.05) is 19.9 Å². The third kappa shape index (κ3) is 5.06. The Morgan fingerprint density at radius 1 is 1.18 bits per heavy atom. The average molecular weight is 406 g/mol. The van der Waals surface area contributed by atoms with Gasteiger partial charge in [0.1, 0.15) is 11.5 Å². The molecule has 0 unspecified atom stereocenters. The van der Waals surface area contributed by atoms with Gasteiger partial charge in [-0.15, -0.1) is 0 Å². The molecule has 0 bridgehead atoms. The summed E-state index contributed by atoms with van der Waals surface area (Å²) in [7, 11) is -3.49. The Labute approximate surface area is 164 Å². The number of hydrogen-bond donors (Lipinski definition) is 2. The minimum Gasteiger partial charge on any atom is -0.460 e. The van der Waals surface area contributed by atoms with Crippen molar-refractivity contribution in [1.29, 1.82) is 0 Å². The molecule has 1 aliphatic heterocycles. The Kier molecular flexibility index (Phi) is 6.28. The highest BCUT2D eigenvalue weighted by molar-refractivity contribution is 7.89. The number of carbonyl (C=O) groups is 1. The molecule has 1 fully saturated rings. The van der Waals surface area contributed by atoms with E-state index in [2.05, 4.69) is 10.5 Å². The molecular weight excluding hydrogens is 380 g/mol. The highest BCUT2D eigenvalue weighted by atomic mass is 32.2. The van der Waals surface area contributed by atoms with E-state index in [0.29, 0.717) is 36.8 Å². The minimum atomic E-state index is -3.49. The van der Waals surface area contributed by atoms with Gasteiger partial charge in [0.25, 0.3) is 5.91 Å². The molecule has 150 valence electrons. The second-order valence-electron chi connectivity index (χ2n) is 6.89. The number of piperazine rings is 1. The van der Waals surface area contributed by atoms with Crippen molar-refractivity contribution < 1.29 is 22.5 Å². The monoisotopic (exact) mass is 405 g/mol. The zero-order chi connectivity index (χ0) is 20.1. The van der Waals surface area contributed by atoms with Gasteiger partial charge in [-0.2, -0.15) is 9.41 Å². The molecule has 8 nitrogen and oxygen atoms in total. The number of carbonyl (C=O) groups excluding carboxylic acids is 1. The first-order valence-electron chi connectivity index (χ1n) is 9.13. The van der Waals surface area contributed by atoms with E-state index < -0.39 is 10.0 Å². The van der Waals surface area contributed by atoms with Gasteiger partial charge in [-0.25, -0.2) is 13.8 Å². The van der Waals surface area contributed by atoms with E-state index >= 15 is 0 Å². The van der Waals surface area contributed by atoms with E-state index in [0.717, 1.165) is 16.2 Å². The van der Waals surface area contributed by atoms with Crippen LogP contribution in [-0.2, 0) is 14.8 Å². The molecule has 1 aromatic carbocycles. The fourth-order valence-electron chi connectivity index (χ4n) is 3.04. The van der Waals surface area contributed by atoms with Crippen LogP contribution < -0.4 is 10.3 Å². The van der Waals surface area contributed by atoms with Crippen LogP contribution in [0.3, 0.4) is 0 Å². The van der Waals surface area contributed by atoms with Crippen LogP contribution in [0, 0.1) is 13.8 Å². The lowest BCUT2D eigenvalue weighted by atomic mass is 10.2. The third-order valence-corrected chi connectivity index (χ3v) is 6.55. The summed E-state index contributed by atoms with van der Waals surface area (Å²) in [5, 5.41) is 3.88. The van der Waals surface area contributed by atoms with Crippen molar-refractivity contribution in [2.24, 2.45) is 5.10 Å². The van der Waals surface area contributed by atoms with Gasteiger partial charge in [-0.3, -0.25) is 4.79 Å². The first-order valence-corrected chi connectivity index (χ1v) is 10.6. The maximum Gasteiger partial charge on any atom is 0.295 e. The number of nitrogens with one attached hydrogen (secondary N) is 2. The molecule has 0 atom stereocenters. The standard InChI is InChI=1S/C19H24N4O4S/c1-15-3-7-18(8-4-15)28(25,26)23-11-9-22(10-12-23)14-19(24)21-20-13-17-6-5-16(2)27-17/h3-8,13H,9-12,14H2,1-2H3,(H,21,24)/p+1/b20-13-. The fraction of sp³-hybridized carbons (Fsp3) is 0.368. The predicted octanol–water partition coefficient (Wildman–Crippen LogP) is -0.0641. The van der Waals surface area contributed by atoms with Crippen LogP contribution >= 0.6 is 0 Å². The highest BCUT2D eigenvalue weighted by Gasteiger charge is 2.31. The first-order chi connectivity index (χ1) is 13.3. The number of nitrogens with zero attached hydrogens (tertiary/aromatic N) is 2. The van der Waals surface area contributed by atoms with E-state index in [-0.39, 0.29) is 12.5 Å². The average Bonchev–Trinajstić information content (AvgIpc) is 3.08. The van der Waals surface area contributed by atoms with Gasteiger partial charge in [0.05, 0.1) is 37.3 Å². The molecule has 1 amide bonds. The molecule has 28 heavy (non-hydrogen) atoms. The summed E-state index contributed by atoms with van der Waals surface area (Å²) in [6.45, 7) is 5.90. The molecule has 0 radical (unpaired) electrons. The van der Waals surface area contributed by atoms with Crippen LogP contribution in [0.2, 0.25) is 0 Å². The van der Waals surface area contributed by atoms with Crippen LogP contribution in [0.4, 0.5) is 0 Å². The smallest absolute Gasteiger partial charge is 0.295 e. The highest BCUT2D eigenvalue weighted by Crippen LogP contribution is 2.16. The Morgan fingerprint density at radius 3 is 2.46 bits per heavy atom. The van der Waals surface area contributed by atoms with Crippen LogP contribution in [0.5, 0.6) is 0 Å². The molecule has 0 aliphatic carbocycles. The molecule has 1 aromatic heterocycles. The maximum atomic E-state index is 12.7. The quantitative estimate of drug-likeness (QED) is 0.520. The Bertz CT molecular complexity index is 943. The number of hydrazone groups is 1. The van der Waals surface area contributed by atoms with Gasteiger partial charge in [-0.1, -0.05) is 17.7 Å². The zero-order valence-electron chi connectivity index (χ0n) is 16.0. The third-order valence-electron chi connectivity index (χ3n) is 4.64. The molecule has 1 aliphatic rings. The van der Waals surface area contributed by atoms with Crippen molar-refractivity contribution in [3.63, 3.8) is 0 Å². The van der Waals surface area contributed by atoms with Crippen LogP contribution in [0.25, 0.3) is 0 Å². The summed E-state index contributed by atoms with van der Waals surface area (Å²) in [5.74, 6) is 1.13. The van der Waals surface area contributed by atoms with Crippen LogP contribution in [0.1, 0.15) is 17.1 Å². The van der Waals surface area contributed by atoms with E-state index in [9.17, 15) is 13.2 Å². The van der Waals surface area contributed by atoms with Gasteiger partial charge in [0, 0.05) is 0 Å². The topological polar surface area (TPSA) is 96.4 Å².